The van der Waals surface area contributed by atoms with E-state index in [9.17, 15) is 77.3 Å². The standard InChI is InChI=1S/C103H167N11O30/c1-27-29-30-66(15)89(144-100(133)143-59-142-84(122)36-34-82(120)140-50-48-138-46-44-136-42-41-135-43-45-137-47-49-139-81(119)33-35-83(121)141-58-79(117)103(134)40-38-72-71-32-31-69-55-70(115)37-39-101(69,18)85(71)78(116)56-102(72,103)19)88-93(126)106-73(28-2)95(128)108(20)57-80(118)109(21)74(51-60(3)4)92(125)107-86(64(11)12)98(131)110(22)75(52-61(5)6)91(124)104-67(16)90(123)105-68(17)94(127)111(23)76(53-62(7)8)96(129)112(24)77(54-63(9)10)97(130)113(25)87(65(13)14)99(132)114(88)26/h27,29,37,39,55,60-68,71-78,85-89,116,134H,28,30-36,38,40-54,56-59H2,1-26H3,(H,104,124)(H,105,123)(H,106,126)(H,107,125)/b29-27+/t66-,67?,68?,71?,72?,73?,74+,75?,76?,77?,78+,85?,86?,87?,88?,89?,101+,102+,103+/m1/s1. The predicted molar refractivity (Wildman–Crippen MR) is 527 cm³/mol. The number of esters is 4. The zero-order valence-electron chi connectivity index (χ0n) is 89.8. The van der Waals surface area contributed by atoms with E-state index in [2.05, 4.69) is 21.3 Å². The number of hydrogen-bond donors (Lipinski definition) is 6. The minimum Gasteiger partial charge on any atom is -0.463 e. The van der Waals surface area contributed by atoms with Gasteiger partial charge < -0.3 is 113 Å². The van der Waals surface area contributed by atoms with Crippen molar-refractivity contribution in [3.63, 3.8) is 0 Å². The zero-order chi connectivity index (χ0) is 108. The summed E-state index contributed by atoms with van der Waals surface area (Å²) in [6, 6.07) is -13.7. The number of carbonyl (C=O) groups is 18. The number of aliphatic hydroxyl groups excluding tert-OH is 1. The molecule has 5 aliphatic rings. The molecule has 5 rings (SSSR count). The first-order chi connectivity index (χ1) is 67.5. The van der Waals surface area contributed by atoms with Crippen molar-refractivity contribution >= 4 is 107 Å². The lowest BCUT2D eigenvalue weighted by atomic mass is 9.46. The normalized spacial score (nSPS) is 27.5. The molecule has 0 radical (unpaired) electrons. The van der Waals surface area contributed by atoms with Crippen molar-refractivity contribution in [2.75, 3.05) is 135 Å². The largest absolute Gasteiger partial charge is 0.511 e. The second kappa shape index (κ2) is 58.3. The van der Waals surface area contributed by atoms with Gasteiger partial charge in [0.1, 0.15) is 85.3 Å². The Labute approximate surface area is 849 Å². The maximum Gasteiger partial charge on any atom is 0.511 e. The summed E-state index contributed by atoms with van der Waals surface area (Å²) in [5.74, 6) is -16.1. The van der Waals surface area contributed by atoms with Gasteiger partial charge in [-0.15, -0.1) is 0 Å². The fourth-order valence-corrected chi connectivity index (χ4v) is 20.1. The second-order valence-corrected chi connectivity index (χ2v) is 41.8. The van der Waals surface area contributed by atoms with Gasteiger partial charge in [0.15, 0.2) is 12.4 Å². The van der Waals surface area contributed by atoms with Crippen LogP contribution in [0, 0.1) is 70.0 Å². The maximum absolute atomic E-state index is 15.9. The van der Waals surface area contributed by atoms with E-state index in [1.165, 1.54) is 77.9 Å². The third kappa shape index (κ3) is 34.6. The number of fused-ring (bicyclic) bond motifs is 5. The van der Waals surface area contributed by atoms with Gasteiger partial charge in [0.2, 0.25) is 77.6 Å². The molecule has 0 bridgehead atoms. The lowest BCUT2D eigenvalue weighted by Crippen LogP contribution is -2.64. The molecule has 3 saturated carbocycles. The van der Waals surface area contributed by atoms with Crippen LogP contribution in [-0.4, -0.2) is 365 Å². The van der Waals surface area contributed by atoms with Gasteiger partial charge in [0, 0.05) is 66.1 Å². The molecule has 814 valence electrons. The first-order valence-corrected chi connectivity index (χ1v) is 50.8. The van der Waals surface area contributed by atoms with Crippen LogP contribution in [0.1, 0.15) is 228 Å². The van der Waals surface area contributed by atoms with E-state index in [0.717, 1.165) is 25.2 Å². The van der Waals surface area contributed by atoms with Crippen LogP contribution in [0.3, 0.4) is 0 Å². The molecule has 11 amide bonds. The van der Waals surface area contributed by atoms with Gasteiger partial charge in [-0.25, -0.2) is 4.79 Å². The number of likely N-dealkylation sites (N-methyl/N-ethyl adjacent to an activating group) is 7. The smallest absolute Gasteiger partial charge is 0.463 e. The first kappa shape index (κ1) is 124. The summed E-state index contributed by atoms with van der Waals surface area (Å²) < 4.78 is 54.1. The van der Waals surface area contributed by atoms with Crippen molar-refractivity contribution in [3.8, 4) is 0 Å². The molecule has 4 aliphatic carbocycles. The van der Waals surface area contributed by atoms with E-state index in [4.69, 9.17) is 47.4 Å². The molecule has 19 atom stereocenters. The molecule has 0 aromatic heterocycles. The van der Waals surface area contributed by atoms with E-state index >= 15 is 19.2 Å². The number of allylic oxidation sites excluding steroid dienone is 6. The first-order valence-electron chi connectivity index (χ1n) is 50.8. The average molecular weight is 2040 g/mol. The minimum absolute atomic E-state index is 0.00104. The minimum atomic E-state index is -1.92. The molecule has 41 heteroatoms. The SMILES string of the molecule is C/C=C/C[C@@H](C)C(OC(=O)OCOC(=O)CCC(=O)OCCOCCOCCOCCOCCOC(=O)CCC(=O)OCC(=O)[C@@]1(O)CCC2C3CCC4=CC(=O)C=C[C@]4(C)C3[C@@H](O)C[C@@]21C)C1C(=O)NC(CC)C(=O)N(C)CC(=O)N(C)[C@@H](CC(C)C)C(=O)NC(C(C)C)C(=O)N(C)C(CC(C)C)C(=O)NC(C)C(=O)NC(C)C(=O)N(C)C(CC(C)C)C(=O)N(C)C(CC(C)C)C(=O)N(C)C(C(C)C)C(=O)N1C. The van der Waals surface area contributed by atoms with Crippen molar-refractivity contribution in [1.82, 2.24) is 55.6 Å². The van der Waals surface area contributed by atoms with Crippen LogP contribution in [0.5, 0.6) is 0 Å². The lowest BCUT2D eigenvalue weighted by molar-refractivity contribution is -0.181. The fraction of sp³-hybridized carbons (Fsp3) is 0.767. The van der Waals surface area contributed by atoms with E-state index < -0.39 is 240 Å². The van der Waals surface area contributed by atoms with Crippen LogP contribution in [0.2, 0.25) is 0 Å². The molecule has 41 nitrogen and oxygen atoms in total. The number of nitrogens with one attached hydrogen (secondary N) is 4. The highest BCUT2D eigenvalue weighted by Gasteiger charge is 2.68. The highest BCUT2D eigenvalue weighted by atomic mass is 16.8. The molecular formula is C103H167N11O30. The van der Waals surface area contributed by atoms with Gasteiger partial charge in [-0.3, -0.25) is 81.5 Å². The third-order valence-electron chi connectivity index (χ3n) is 28.3. The number of rotatable bonds is 42. The van der Waals surface area contributed by atoms with Gasteiger partial charge in [0.25, 0.3) is 0 Å². The number of hydrogen-bond acceptors (Lipinski definition) is 30. The number of ether oxygens (including phenoxy) is 10. The van der Waals surface area contributed by atoms with Crippen LogP contribution in [-0.2, 0) is 129 Å². The summed E-state index contributed by atoms with van der Waals surface area (Å²) in [4.78, 5) is 263. The topological polar surface area (TPSA) is 511 Å². The predicted octanol–water partition coefficient (Wildman–Crippen LogP) is 5.77. The van der Waals surface area contributed by atoms with Gasteiger partial charge in [0.05, 0.1) is 91.2 Å². The Kier molecular flexibility index (Phi) is 50.2. The molecule has 1 heterocycles. The Bertz CT molecular complexity index is 4480. The fourth-order valence-electron chi connectivity index (χ4n) is 20.1. The molecule has 1 aliphatic heterocycles. The lowest BCUT2D eigenvalue weighted by Gasteiger charge is -2.59. The van der Waals surface area contributed by atoms with Gasteiger partial charge >= 0.3 is 30.0 Å². The van der Waals surface area contributed by atoms with Crippen molar-refractivity contribution in [1.29, 1.82) is 0 Å². The Morgan fingerprint density at radius 3 is 1.46 bits per heavy atom. The Hall–Kier alpha value is -10.4. The maximum atomic E-state index is 15.9. The van der Waals surface area contributed by atoms with Gasteiger partial charge in [-0.1, -0.05) is 135 Å². The van der Waals surface area contributed by atoms with E-state index in [1.54, 1.807) is 72.8 Å². The monoisotopic (exact) mass is 2040 g/mol. The highest BCUT2D eigenvalue weighted by molar-refractivity contribution is 6.02. The summed E-state index contributed by atoms with van der Waals surface area (Å²) in [6.45, 7) is 31.1. The summed E-state index contributed by atoms with van der Waals surface area (Å²) >= 11 is 0. The van der Waals surface area contributed by atoms with Crippen LogP contribution < -0.4 is 21.3 Å². The number of carbonyl (C=O) groups excluding carboxylic acids is 18. The Morgan fingerprint density at radius 1 is 0.500 bits per heavy atom. The molecule has 1 saturated heterocycles. The number of amides is 11. The zero-order valence-corrected chi connectivity index (χ0v) is 89.8. The second-order valence-electron chi connectivity index (χ2n) is 41.8. The molecule has 0 spiro atoms. The van der Waals surface area contributed by atoms with E-state index in [0.29, 0.717) is 19.3 Å². The summed E-state index contributed by atoms with van der Waals surface area (Å²) in [5.41, 5.74) is -2.33. The van der Waals surface area contributed by atoms with Crippen LogP contribution >= 0.6 is 0 Å². The number of ketones is 2. The average Bonchev–Trinajstić information content (AvgIpc) is 1.48. The quantitative estimate of drug-likeness (QED) is 0.0139. The van der Waals surface area contributed by atoms with E-state index in [-0.39, 0.29) is 177 Å². The van der Waals surface area contributed by atoms with Crippen molar-refractivity contribution < 1.29 is 144 Å². The third-order valence-corrected chi connectivity index (χ3v) is 28.3. The van der Waals surface area contributed by atoms with Crippen molar-refractivity contribution in [3.05, 3.63) is 36.0 Å². The Morgan fingerprint density at radius 2 is 0.958 bits per heavy atom. The summed E-state index contributed by atoms with van der Waals surface area (Å²) in [7, 11) is 9.45. The molecular weight excluding hydrogens is 1870 g/mol. The van der Waals surface area contributed by atoms with E-state index in [1.807, 2.05) is 75.3 Å². The van der Waals surface area contributed by atoms with Crippen molar-refractivity contribution in [2.24, 2.45) is 70.0 Å². The number of aliphatic hydroxyl groups is 2. The van der Waals surface area contributed by atoms with Crippen molar-refractivity contribution in [2.45, 2.75) is 306 Å². The molecule has 4 fully saturated rings. The molecule has 6 N–H and O–H groups in total. The van der Waals surface area contributed by atoms with Crippen LogP contribution in [0.15, 0.2) is 36.0 Å². The van der Waals surface area contributed by atoms with Gasteiger partial charge in [-0.2, -0.15) is 0 Å². The summed E-state index contributed by atoms with van der Waals surface area (Å²) in [6.07, 6.45) is 5.19. The van der Waals surface area contributed by atoms with Crippen LogP contribution in [0.25, 0.3) is 0 Å². The molecule has 13 unspecified atom stereocenters. The Balaban J connectivity index is 1.20. The summed E-state index contributed by atoms with van der Waals surface area (Å²) in [5, 5.41) is 34.6. The number of Topliss-reactive ketones (excluding diaryl/α,β-unsaturated/α-hetero) is 1. The molecule has 0 aromatic carbocycles. The highest BCUT2D eigenvalue weighted by Crippen LogP contribution is 2.67. The molecule has 0 aromatic rings. The number of nitrogens with zero attached hydrogens (tertiary/aromatic N) is 7. The molecule has 144 heavy (non-hydrogen) atoms. The van der Waals surface area contributed by atoms with Crippen LogP contribution in [0.4, 0.5) is 4.79 Å². The van der Waals surface area contributed by atoms with Gasteiger partial charge in [-0.05, 0) is 157 Å².